The van der Waals surface area contributed by atoms with Crippen molar-refractivity contribution >= 4 is 27.5 Å². The lowest BCUT2D eigenvalue weighted by Gasteiger charge is -2.20. The summed E-state index contributed by atoms with van der Waals surface area (Å²) in [6, 6.07) is 9.07. The molecule has 0 aliphatic heterocycles. The van der Waals surface area contributed by atoms with Crippen LogP contribution in [-0.4, -0.2) is 7.05 Å². The van der Waals surface area contributed by atoms with Crippen LogP contribution in [0.5, 0.6) is 0 Å². The number of nitrogens with one attached hydrogen (secondary N) is 1. The van der Waals surface area contributed by atoms with Crippen molar-refractivity contribution in [3.05, 3.63) is 67.9 Å². The zero-order chi connectivity index (χ0) is 14.9. The van der Waals surface area contributed by atoms with Crippen molar-refractivity contribution in [1.29, 1.82) is 0 Å². The second-order valence-corrected chi connectivity index (χ2v) is 6.19. The third-order valence-corrected chi connectivity index (χ3v) is 4.41. The van der Waals surface area contributed by atoms with Crippen LogP contribution in [0.4, 0.5) is 4.39 Å². The molecule has 1 atom stereocenters. The molecule has 0 heterocycles. The molecule has 4 heteroatoms. The largest absolute Gasteiger partial charge is 0.309 e. The first-order valence-corrected chi connectivity index (χ1v) is 7.49. The van der Waals surface area contributed by atoms with E-state index in [1.165, 1.54) is 6.07 Å². The van der Waals surface area contributed by atoms with Crippen LogP contribution in [0.2, 0.25) is 5.02 Å². The molecule has 2 rings (SSSR count). The molecular weight excluding hydrogens is 341 g/mol. The van der Waals surface area contributed by atoms with Gasteiger partial charge in [0.25, 0.3) is 0 Å². The second kappa shape index (κ2) is 6.25. The third kappa shape index (κ3) is 3.22. The van der Waals surface area contributed by atoms with Crippen LogP contribution in [0.25, 0.3) is 0 Å². The van der Waals surface area contributed by atoms with Gasteiger partial charge in [0.2, 0.25) is 0 Å². The lowest BCUT2D eigenvalue weighted by Crippen LogP contribution is -2.19. The first kappa shape index (κ1) is 15.5. The summed E-state index contributed by atoms with van der Waals surface area (Å²) in [4.78, 5) is 0. The van der Waals surface area contributed by atoms with E-state index in [2.05, 4.69) is 39.4 Å². The molecule has 0 radical (unpaired) electrons. The average Bonchev–Trinajstić information content (AvgIpc) is 2.35. The van der Waals surface area contributed by atoms with E-state index in [4.69, 9.17) is 11.6 Å². The van der Waals surface area contributed by atoms with Crippen LogP contribution in [0.15, 0.2) is 34.8 Å². The summed E-state index contributed by atoms with van der Waals surface area (Å²) < 4.78 is 14.8. The molecule has 106 valence electrons. The van der Waals surface area contributed by atoms with E-state index >= 15 is 0 Å². The molecule has 2 aromatic rings. The Labute approximate surface area is 132 Å². The Balaban J connectivity index is 2.55. The molecule has 0 aromatic heterocycles. The summed E-state index contributed by atoms with van der Waals surface area (Å²) >= 11 is 9.33. The quantitative estimate of drug-likeness (QED) is 0.748. The molecule has 0 spiro atoms. The fraction of sp³-hybridized carbons (Fsp3) is 0.250. The Morgan fingerprint density at radius 2 is 1.70 bits per heavy atom. The van der Waals surface area contributed by atoms with Crippen LogP contribution >= 0.6 is 27.5 Å². The molecule has 0 amide bonds. The summed E-state index contributed by atoms with van der Waals surface area (Å²) in [6.07, 6.45) is 0. The summed E-state index contributed by atoms with van der Waals surface area (Å²) in [6.45, 7) is 4.07. The minimum atomic E-state index is -0.278. The molecule has 1 unspecified atom stereocenters. The van der Waals surface area contributed by atoms with Crippen molar-refractivity contribution in [3.63, 3.8) is 0 Å². The van der Waals surface area contributed by atoms with Crippen LogP contribution in [0.3, 0.4) is 0 Å². The van der Waals surface area contributed by atoms with E-state index < -0.39 is 0 Å². The van der Waals surface area contributed by atoms with Gasteiger partial charge in [-0.1, -0.05) is 40.9 Å². The van der Waals surface area contributed by atoms with Gasteiger partial charge >= 0.3 is 0 Å². The lowest BCUT2D eigenvalue weighted by atomic mass is 9.95. The molecule has 1 nitrogen and oxygen atoms in total. The van der Waals surface area contributed by atoms with Crippen molar-refractivity contribution in [2.75, 3.05) is 7.05 Å². The van der Waals surface area contributed by atoms with Gasteiger partial charge in [0.05, 0.1) is 11.1 Å². The van der Waals surface area contributed by atoms with Gasteiger partial charge in [0.15, 0.2) is 0 Å². The third-order valence-electron chi connectivity index (χ3n) is 3.22. The molecule has 0 saturated heterocycles. The predicted octanol–water partition coefficient (Wildman–Crippen LogP) is 5.17. The number of rotatable bonds is 3. The summed E-state index contributed by atoms with van der Waals surface area (Å²) in [5.74, 6) is -0.278. The highest BCUT2D eigenvalue weighted by Crippen LogP contribution is 2.32. The van der Waals surface area contributed by atoms with Crippen LogP contribution < -0.4 is 5.32 Å². The summed E-state index contributed by atoms with van der Waals surface area (Å²) in [5, 5.41) is 3.67. The average molecular weight is 357 g/mol. The van der Waals surface area contributed by atoms with Crippen LogP contribution in [-0.2, 0) is 0 Å². The molecule has 0 fully saturated rings. The van der Waals surface area contributed by atoms with Gasteiger partial charge in [0, 0.05) is 10.0 Å². The van der Waals surface area contributed by atoms with Crippen LogP contribution in [0.1, 0.15) is 28.3 Å². The molecule has 0 bridgehead atoms. The highest BCUT2D eigenvalue weighted by atomic mass is 79.9. The SMILES string of the molecule is CNC(c1cc(C)cc(C)c1)c1cc(Cl)c(Br)cc1F. The fourth-order valence-corrected chi connectivity index (χ4v) is 2.93. The Kier molecular flexibility index (Phi) is 4.84. The standard InChI is InChI=1S/C16H16BrClFN/c1-9-4-10(2)6-11(5-9)16(20-3)12-7-14(18)13(17)8-15(12)19/h4-8,16,20H,1-3H3. The molecule has 0 saturated carbocycles. The minimum absolute atomic E-state index is 0.223. The smallest absolute Gasteiger partial charge is 0.129 e. The minimum Gasteiger partial charge on any atom is -0.309 e. The van der Waals surface area contributed by atoms with Gasteiger partial charge in [-0.15, -0.1) is 0 Å². The number of aryl methyl sites for hydroxylation is 2. The maximum Gasteiger partial charge on any atom is 0.129 e. The lowest BCUT2D eigenvalue weighted by molar-refractivity contribution is 0.575. The monoisotopic (exact) mass is 355 g/mol. The van der Waals surface area contributed by atoms with Crippen molar-refractivity contribution in [1.82, 2.24) is 5.32 Å². The van der Waals surface area contributed by atoms with Gasteiger partial charge < -0.3 is 5.32 Å². The van der Waals surface area contributed by atoms with Crippen molar-refractivity contribution in [2.45, 2.75) is 19.9 Å². The highest BCUT2D eigenvalue weighted by molar-refractivity contribution is 9.10. The van der Waals surface area contributed by atoms with Crippen molar-refractivity contribution < 1.29 is 4.39 Å². The predicted molar refractivity (Wildman–Crippen MR) is 85.9 cm³/mol. The van der Waals surface area contributed by atoms with Crippen molar-refractivity contribution in [2.24, 2.45) is 0 Å². The molecule has 0 aliphatic carbocycles. The molecular formula is C16H16BrClFN. The Bertz CT molecular complexity index is 622. The van der Waals surface area contributed by atoms with Gasteiger partial charge in [0.1, 0.15) is 5.82 Å². The normalized spacial score (nSPS) is 12.5. The zero-order valence-electron chi connectivity index (χ0n) is 11.6. The first-order chi connectivity index (χ1) is 9.42. The van der Waals surface area contributed by atoms with E-state index in [-0.39, 0.29) is 11.9 Å². The molecule has 20 heavy (non-hydrogen) atoms. The summed E-state index contributed by atoms with van der Waals surface area (Å²) in [5.41, 5.74) is 3.89. The zero-order valence-corrected chi connectivity index (χ0v) is 13.9. The Morgan fingerprint density at radius 1 is 1.10 bits per heavy atom. The van der Waals surface area contributed by atoms with E-state index in [1.54, 1.807) is 6.07 Å². The topological polar surface area (TPSA) is 12.0 Å². The van der Waals surface area contributed by atoms with Crippen LogP contribution in [0, 0.1) is 19.7 Å². The summed E-state index contributed by atoms with van der Waals surface area (Å²) in [7, 11) is 1.82. The molecule has 0 aliphatic rings. The van der Waals surface area contributed by atoms with E-state index in [9.17, 15) is 4.39 Å². The highest BCUT2D eigenvalue weighted by Gasteiger charge is 2.18. The number of halogens is 3. The number of hydrogen-bond acceptors (Lipinski definition) is 1. The van der Waals surface area contributed by atoms with Crippen molar-refractivity contribution in [3.8, 4) is 0 Å². The van der Waals surface area contributed by atoms with Gasteiger partial charge in [-0.3, -0.25) is 0 Å². The van der Waals surface area contributed by atoms with E-state index in [0.29, 0.717) is 15.1 Å². The molecule has 2 aromatic carbocycles. The Hall–Kier alpha value is -0.900. The van der Waals surface area contributed by atoms with Gasteiger partial charge in [-0.2, -0.15) is 0 Å². The fourth-order valence-electron chi connectivity index (χ4n) is 2.44. The van der Waals surface area contributed by atoms with Gasteiger partial charge in [-0.25, -0.2) is 4.39 Å². The van der Waals surface area contributed by atoms with E-state index in [1.807, 2.05) is 20.9 Å². The maximum atomic E-state index is 14.2. The maximum absolute atomic E-state index is 14.2. The number of benzene rings is 2. The van der Waals surface area contributed by atoms with Gasteiger partial charge in [-0.05, 0) is 54.5 Å². The molecule has 1 N–H and O–H groups in total. The number of hydrogen-bond donors (Lipinski definition) is 1. The van der Waals surface area contributed by atoms with E-state index in [0.717, 1.165) is 16.7 Å². The first-order valence-electron chi connectivity index (χ1n) is 6.32. The second-order valence-electron chi connectivity index (χ2n) is 4.93. The Morgan fingerprint density at radius 3 is 2.25 bits per heavy atom.